The first-order valence-electron chi connectivity index (χ1n) is 7.39. The standard InChI is InChI=1S/C17H17ClF2N2OS/c1-11(12-6-2-3-7-13(12)18)21-10-16(23)22-14-8-4-5-9-15(14)24-17(19)20/h2-9,11,17,21H,10H2,1H3,(H,22,23)/p+1/t11-/m1/s1. The third-order valence-corrected chi connectivity index (χ3v) is 4.56. The van der Waals surface area contributed by atoms with Crippen LogP contribution in [0.4, 0.5) is 14.5 Å². The molecule has 0 radical (unpaired) electrons. The Morgan fingerprint density at radius 3 is 2.58 bits per heavy atom. The van der Waals surface area contributed by atoms with Gasteiger partial charge in [-0.1, -0.05) is 53.7 Å². The number of hydrogen-bond acceptors (Lipinski definition) is 2. The molecule has 0 fully saturated rings. The van der Waals surface area contributed by atoms with Gasteiger partial charge < -0.3 is 10.6 Å². The van der Waals surface area contributed by atoms with Crippen molar-refractivity contribution >= 4 is 35.0 Å². The summed E-state index contributed by atoms with van der Waals surface area (Å²) in [6.07, 6.45) is 0. The third kappa shape index (κ3) is 5.47. The van der Waals surface area contributed by atoms with Gasteiger partial charge in [0.25, 0.3) is 11.7 Å². The third-order valence-electron chi connectivity index (χ3n) is 3.43. The van der Waals surface area contributed by atoms with E-state index in [1.54, 1.807) is 30.3 Å². The molecule has 1 atom stereocenters. The van der Waals surface area contributed by atoms with Gasteiger partial charge >= 0.3 is 0 Å². The number of hydrogen-bond donors (Lipinski definition) is 2. The number of benzene rings is 2. The van der Waals surface area contributed by atoms with Crippen molar-refractivity contribution < 1.29 is 18.9 Å². The number of thioether (sulfide) groups is 1. The topological polar surface area (TPSA) is 45.7 Å². The number of halogens is 3. The smallest absolute Gasteiger partial charge is 0.288 e. The van der Waals surface area contributed by atoms with E-state index in [1.165, 1.54) is 0 Å². The van der Waals surface area contributed by atoms with Gasteiger partial charge in [-0.15, -0.1) is 0 Å². The van der Waals surface area contributed by atoms with Gasteiger partial charge in [-0.2, -0.15) is 8.78 Å². The van der Waals surface area contributed by atoms with Gasteiger partial charge in [-0.3, -0.25) is 4.79 Å². The minimum absolute atomic E-state index is 0.00938. The van der Waals surface area contributed by atoms with Crippen molar-refractivity contribution in [3.63, 3.8) is 0 Å². The van der Waals surface area contributed by atoms with Crippen LogP contribution in [0.15, 0.2) is 53.4 Å². The van der Waals surface area contributed by atoms with E-state index in [0.29, 0.717) is 27.4 Å². The van der Waals surface area contributed by atoms with Gasteiger partial charge in [0.1, 0.15) is 6.04 Å². The molecule has 1 amide bonds. The van der Waals surface area contributed by atoms with Crippen molar-refractivity contribution in [1.82, 2.24) is 0 Å². The highest BCUT2D eigenvalue weighted by Crippen LogP contribution is 2.31. The predicted octanol–water partition coefficient (Wildman–Crippen LogP) is 3.92. The lowest BCUT2D eigenvalue weighted by Gasteiger charge is -2.13. The van der Waals surface area contributed by atoms with Crippen LogP contribution in [0.5, 0.6) is 0 Å². The average Bonchev–Trinajstić information content (AvgIpc) is 2.54. The summed E-state index contributed by atoms with van der Waals surface area (Å²) in [6, 6.07) is 14.0. The lowest BCUT2D eigenvalue weighted by atomic mass is 10.1. The SMILES string of the molecule is C[C@@H]([NH2+]CC(=O)Nc1ccccc1SC(F)F)c1ccccc1Cl. The monoisotopic (exact) mass is 371 g/mol. The van der Waals surface area contributed by atoms with E-state index in [9.17, 15) is 13.6 Å². The van der Waals surface area contributed by atoms with Crippen molar-refractivity contribution in [1.29, 1.82) is 0 Å². The molecule has 0 bridgehead atoms. The second-order valence-electron chi connectivity index (χ2n) is 5.17. The Bertz CT molecular complexity index is 700. The molecule has 3 nitrogen and oxygen atoms in total. The molecule has 0 aliphatic carbocycles. The Morgan fingerprint density at radius 2 is 1.88 bits per heavy atom. The van der Waals surface area contributed by atoms with Gasteiger partial charge in [-0.05, 0) is 25.1 Å². The number of amides is 1. The lowest BCUT2D eigenvalue weighted by molar-refractivity contribution is -0.682. The zero-order chi connectivity index (χ0) is 17.5. The molecule has 0 heterocycles. The van der Waals surface area contributed by atoms with E-state index in [2.05, 4.69) is 5.32 Å². The molecule has 7 heteroatoms. The highest BCUT2D eigenvalue weighted by Gasteiger charge is 2.16. The fraction of sp³-hybridized carbons (Fsp3) is 0.235. The molecule has 2 aromatic carbocycles. The van der Waals surface area contributed by atoms with Crippen molar-refractivity contribution in [3.05, 3.63) is 59.1 Å². The Kier molecular flexibility index (Phi) is 7.02. The van der Waals surface area contributed by atoms with Crippen molar-refractivity contribution in [3.8, 4) is 0 Å². The summed E-state index contributed by atoms with van der Waals surface area (Å²) in [5.41, 5.74) is 1.34. The highest BCUT2D eigenvalue weighted by atomic mass is 35.5. The Hall–Kier alpha value is -1.63. The number of anilines is 1. The molecular formula is C17H18ClF2N2OS+. The molecular weight excluding hydrogens is 354 g/mol. The van der Waals surface area contributed by atoms with Crippen LogP contribution in [-0.4, -0.2) is 18.2 Å². The minimum Gasteiger partial charge on any atom is -0.332 e. The van der Waals surface area contributed by atoms with E-state index >= 15 is 0 Å². The van der Waals surface area contributed by atoms with Crippen LogP contribution in [0.1, 0.15) is 18.5 Å². The molecule has 3 N–H and O–H groups in total. The Labute approximate surface area is 148 Å². The van der Waals surface area contributed by atoms with E-state index in [-0.39, 0.29) is 18.5 Å². The molecule has 0 saturated heterocycles. The van der Waals surface area contributed by atoms with E-state index in [0.717, 1.165) is 5.56 Å². The van der Waals surface area contributed by atoms with Crippen LogP contribution < -0.4 is 10.6 Å². The van der Waals surface area contributed by atoms with Crippen LogP contribution in [0.2, 0.25) is 5.02 Å². The number of nitrogens with one attached hydrogen (secondary N) is 1. The van der Waals surface area contributed by atoms with Crippen molar-refractivity contribution in [2.45, 2.75) is 23.6 Å². The van der Waals surface area contributed by atoms with E-state index in [4.69, 9.17) is 11.6 Å². The second kappa shape index (κ2) is 9.01. The first-order chi connectivity index (χ1) is 11.5. The Morgan fingerprint density at radius 1 is 1.21 bits per heavy atom. The highest BCUT2D eigenvalue weighted by molar-refractivity contribution is 7.99. The molecule has 24 heavy (non-hydrogen) atoms. The maximum Gasteiger partial charge on any atom is 0.288 e. The number of nitrogens with two attached hydrogens (primary N) is 1. The molecule has 2 rings (SSSR count). The van der Waals surface area contributed by atoms with Crippen LogP contribution >= 0.6 is 23.4 Å². The van der Waals surface area contributed by atoms with Gasteiger partial charge in [0.05, 0.1) is 5.69 Å². The summed E-state index contributed by atoms with van der Waals surface area (Å²) >= 11 is 6.55. The summed E-state index contributed by atoms with van der Waals surface area (Å²) in [6.45, 7) is 2.12. The Balaban J connectivity index is 1.93. The summed E-state index contributed by atoms with van der Waals surface area (Å²) in [4.78, 5) is 12.4. The first-order valence-corrected chi connectivity index (χ1v) is 8.64. The molecule has 128 valence electrons. The molecule has 0 unspecified atom stereocenters. The zero-order valence-electron chi connectivity index (χ0n) is 13.0. The van der Waals surface area contributed by atoms with Crippen LogP contribution in [0.3, 0.4) is 0 Å². The van der Waals surface area contributed by atoms with Gasteiger partial charge in [0.2, 0.25) is 0 Å². The molecule has 2 aromatic rings. The normalized spacial score (nSPS) is 12.2. The van der Waals surface area contributed by atoms with E-state index < -0.39 is 5.76 Å². The minimum atomic E-state index is -2.53. The van der Waals surface area contributed by atoms with E-state index in [1.807, 2.05) is 30.4 Å². The maximum absolute atomic E-state index is 12.5. The van der Waals surface area contributed by atoms with Crippen LogP contribution in [-0.2, 0) is 4.79 Å². The van der Waals surface area contributed by atoms with Crippen molar-refractivity contribution in [2.24, 2.45) is 0 Å². The fourth-order valence-corrected chi connectivity index (χ4v) is 3.13. The summed E-state index contributed by atoms with van der Waals surface area (Å²) in [7, 11) is 0. The van der Waals surface area contributed by atoms with Gasteiger partial charge in [0.15, 0.2) is 6.54 Å². The van der Waals surface area contributed by atoms with Gasteiger partial charge in [0, 0.05) is 15.5 Å². The number of alkyl halides is 2. The number of para-hydroxylation sites is 1. The lowest BCUT2D eigenvalue weighted by Crippen LogP contribution is -2.86. The molecule has 0 aliphatic heterocycles. The summed E-state index contributed by atoms with van der Waals surface area (Å²) in [5.74, 6) is -2.79. The predicted molar refractivity (Wildman–Crippen MR) is 93.6 cm³/mol. The number of quaternary nitrogens is 1. The number of carbonyl (C=O) groups is 1. The second-order valence-corrected chi connectivity index (χ2v) is 6.61. The number of carbonyl (C=O) groups excluding carboxylic acids is 1. The van der Waals surface area contributed by atoms with Crippen LogP contribution in [0.25, 0.3) is 0 Å². The summed E-state index contributed by atoms with van der Waals surface area (Å²) in [5, 5.41) is 5.18. The molecule has 0 saturated carbocycles. The molecule has 0 aromatic heterocycles. The van der Waals surface area contributed by atoms with Gasteiger partial charge in [-0.25, -0.2) is 0 Å². The zero-order valence-corrected chi connectivity index (χ0v) is 14.6. The average molecular weight is 372 g/mol. The maximum atomic E-state index is 12.5. The fourth-order valence-electron chi connectivity index (χ4n) is 2.23. The largest absolute Gasteiger partial charge is 0.332 e. The molecule has 0 aliphatic rings. The number of rotatable bonds is 7. The summed E-state index contributed by atoms with van der Waals surface area (Å²) < 4.78 is 25.1. The van der Waals surface area contributed by atoms with Crippen molar-refractivity contribution in [2.75, 3.05) is 11.9 Å². The first kappa shape index (κ1) is 18.7. The quantitative estimate of drug-likeness (QED) is 0.725. The van der Waals surface area contributed by atoms with Crippen LogP contribution in [0, 0.1) is 0 Å². The molecule has 0 spiro atoms.